The second-order valence-electron chi connectivity index (χ2n) is 2.79. The number of nitrogens with two attached hydrogens (primary N) is 1. The molecule has 1 aromatic rings. The van der Waals surface area contributed by atoms with Crippen molar-refractivity contribution in [3.8, 4) is 0 Å². The van der Waals surface area contributed by atoms with E-state index < -0.39 is 6.04 Å². The summed E-state index contributed by atoms with van der Waals surface area (Å²) in [4.78, 5) is 12.3. The van der Waals surface area contributed by atoms with Crippen molar-refractivity contribution in [2.45, 2.75) is 19.4 Å². The van der Waals surface area contributed by atoms with Crippen molar-refractivity contribution >= 4 is 33.2 Å². The van der Waals surface area contributed by atoms with Gasteiger partial charge in [-0.1, -0.05) is 0 Å². The van der Waals surface area contributed by atoms with E-state index in [4.69, 9.17) is 10.5 Å². The van der Waals surface area contributed by atoms with Gasteiger partial charge in [-0.3, -0.25) is 4.79 Å². The van der Waals surface area contributed by atoms with E-state index >= 15 is 0 Å². The minimum absolute atomic E-state index is 0.336. The first-order valence-corrected chi connectivity index (χ1v) is 5.96. The van der Waals surface area contributed by atoms with Crippen LogP contribution in [-0.4, -0.2) is 18.6 Å². The molecule has 0 aliphatic heterocycles. The Hall–Kier alpha value is -0.390. The van der Waals surface area contributed by atoms with Gasteiger partial charge in [-0.25, -0.2) is 0 Å². The molecule has 14 heavy (non-hydrogen) atoms. The number of hydrogen-bond acceptors (Lipinski definition) is 4. The van der Waals surface area contributed by atoms with Gasteiger partial charge in [0, 0.05) is 21.2 Å². The van der Waals surface area contributed by atoms with E-state index in [0.29, 0.717) is 13.0 Å². The van der Waals surface area contributed by atoms with Gasteiger partial charge in [0.15, 0.2) is 0 Å². The topological polar surface area (TPSA) is 52.3 Å². The van der Waals surface area contributed by atoms with Crippen molar-refractivity contribution in [2.75, 3.05) is 6.61 Å². The summed E-state index contributed by atoms with van der Waals surface area (Å²) in [5.41, 5.74) is 5.66. The Morgan fingerprint density at radius 3 is 3.00 bits per heavy atom. The highest BCUT2D eigenvalue weighted by Crippen LogP contribution is 2.20. The fourth-order valence-electron chi connectivity index (χ4n) is 1.01. The summed E-state index contributed by atoms with van der Waals surface area (Å²) in [6, 6.07) is 1.41. The Labute approximate surface area is 95.4 Å². The summed E-state index contributed by atoms with van der Waals surface area (Å²) < 4.78 is 5.83. The van der Waals surface area contributed by atoms with Crippen LogP contribution in [0.4, 0.5) is 0 Å². The Balaban J connectivity index is 2.48. The molecule has 1 aromatic heterocycles. The highest BCUT2D eigenvalue weighted by Gasteiger charge is 2.15. The lowest BCUT2D eigenvalue weighted by atomic mass is 10.2. The minimum atomic E-state index is -0.555. The first kappa shape index (κ1) is 11.7. The second kappa shape index (κ2) is 5.48. The van der Waals surface area contributed by atoms with Crippen molar-refractivity contribution in [3.63, 3.8) is 0 Å². The van der Waals surface area contributed by atoms with E-state index in [1.807, 2.05) is 11.4 Å². The average Bonchev–Trinajstić information content (AvgIpc) is 2.51. The molecule has 2 N–H and O–H groups in total. The van der Waals surface area contributed by atoms with Crippen molar-refractivity contribution in [3.05, 3.63) is 20.8 Å². The zero-order valence-corrected chi connectivity index (χ0v) is 10.2. The van der Waals surface area contributed by atoms with Crippen LogP contribution in [0, 0.1) is 0 Å². The molecule has 0 aliphatic carbocycles. The molecule has 1 rings (SSSR count). The molecule has 0 spiro atoms. The maximum Gasteiger partial charge on any atom is 0.323 e. The van der Waals surface area contributed by atoms with Gasteiger partial charge in [0.25, 0.3) is 0 Å². The number of halogens is 1. The molecule has 1 heterocycles. The monoisotopic (exact) mass is 277 g/mol. The molecule has 0 radical (unpaired) electrons. The Kier molecular flexibility index (Phi) is 4.57. The lowest BCUT2D eigenvalue weighted by Crippen LogP contribution is -2.34. The predicted octanol–water partition coefficient (Wildman–Crippen LogP) is 1.94. The van der Waals surface area contributed by atoms with E-state index in [1.165, 1.54) is 0 Å². The van der Waals surface area contributed by atoms with E-state index in [0.717, 1.165) is 9.35 Å². The van der Waals surface area contributed by atoms with Gasteiger partial charge in [-0.2, -0.15) is 0 Å². The molecule has 0 bridgehead atoms. The SMILES string of the molecule is CCOC(=O)C(N)Cc1cc(Br)cs1. The molecule has 5 heteroatoms. The standard InChI is InChI=1S/C9H12BrNO2S/c1-2-13-9(12)8(11)4-7-3-6(10)5-14-7/h3,5,8H,2,4,11H2,1H3. The van der Waals surface area contributed by atoms with Crippen LogP contribution < -0.4 is 5.73 Å². The van der Waals surface area contributed by atoms with Crippen molar-refractivity contribution in [1.29, 1.82) is 0 Å². The lowest BCUT2D eigenvalue weighted by Gasteiger charge is -2.08. The van der Waals surface area contributed by atoms with Crippen LogP contribution in [0.1, 0.15) is 11.8 Å². The minimum Gasteiger partial charge on any atom is -0.465 e. The highest BCUT2D eigenvalue weighted by molar-refractivity contribution is 9.10. The third kappa shape index (κ3) is 3.40. The fourth-order valence-corrected chi connectivity index (χ4v) is 2.52. The molecule has 0 aliphatic rings. The maximum absolute atomic E-state index is 11.2. The van der Waals surface area contributed by atoms with E-state index in [-0.39, 0.29) is 5.97 Å². The normalized spacial score (nSPS) is 12.5. The summed E-state index contributed by atoms with van der Waals surface area (Å²) in [5.74, 6) is -0.336. The smallest absolute Gasteiger partial charge is 0.323 e. The Bertz CT molecular complexity index is 314. The van der Waals surface area contributed by atoms with Gasteiger partial charge in [-0.05, 0) is 28.9 Å². The summed E-state index contributed by atoms with van der Waals surface area (Å²) in [5, 5.41) is 1.97. The zero-order valence-electron chi connectivity index (χ0n) is 7.83. The highest BCUT2D eigenvalue weighted by atomic mass is 79.9. The van der Waals surface area contributed by atoms with Crippen LogP contribution in [-0.2, 0) is 16.0 Å². The van der Waals surface area contributed by atoms with Gasteiger partial charge in [0.05, 0.1) is 6.61 Å². The number of carbonyl (C=O) groups is 1. The Morgan fingerprint density at radius 2 is 2.50 bits per heavy atom. The maximum atomic E-state index is 11.2. The number of thiophene rings is 1. The number of rotatable bonds is 4. The molecule has 0 saturated heterocycles. The van der Waals surface area contributed by atoms with Gasteiger partial charge in [0.2, 0.25) is 0 Å². The number of ether oxygens (including phenoxy) is 1. The molecule has 0 saturated carbocycles. The average molecular weight is 278 g/mol. The Morgan fingerprint density at radius 1 is 1.79 bits per heavy atom. The van der Waals surface area contributed by atoms with Gasteiger partial charge in [-0.15, -0.1) is 11.3 Å². The molecule has 1 unspecified atom stereocenters. The third-order valence-electron chi connectivity index (χ3n) is 1.63. The molecule has 0 fully saturated rings. The molecule has 1 atom stereocenters. The summed E-state index contributed by atoms with van der Waals surface area (Å²) in [7, 11) is 0. The lowest BCUT2D eigenvalue weighted by molar-refractivity contribution is -0.144. The van der Waals surface area contributed by atoms with E-state index in [2.05, 4.69) is 15.9 Å². The van der Waals surface area contributed by atoms with Crippen molar-refractivity contribution in [1.82, 2.24) is 0 Å². The largest absolute Gasteiger partial charge is 0.465 e. The van der Waals surface area contributed by atoms with Gasteiger partial charge >= 0.3 is 5.97 Å². The van der Waals surface area contributed by atoms with Crippen molar-refractivity contribution in [2.24, 2.45) is 5.73 Å². The number of carbonyl (C=O) groups excluding carboxylic acids is 1. The van der Waals surface area contributed by atoms with E-state index in [9.17, 15) is 4.79 Å². The molecule has 0 amide bonds. The fraction of sp³-hybridized carbons (Fsp3) is 0.444. The number of esters is 1. The van der Waals surface area contributed by atoms with Crippen LogP contribution in [0.3, 0.4) is 0 Å². The third-order valence-corrected chi connectivity index (χ3v) is 3.35. The van der Waals surface area contributed by atoms with Crippen molar-refractivity contribution < 1.29 is 9.53 Å². The van der Waals surface area contributed by atoms with E-state index in [1.54, 1.807) is 18.3 Å². The van der Waals surface area contributed by atoms with Crippen LogP contribution in [0.25, 0.3) is 0 Å². The molecule has 0 aromatic carbocycles. The van der Waals surface area contributed by atoms with Gasteiger partial charge < -0.3 is 10.5 Å². The molecular weight excluding hydrogens is 266 g/mol. The quantitative estimate of drug-likeness (QED) is 0.856. The summed E-state index contributed by atoms with van der Waals surface area (Å²) >= 11 is 4.92. The second-order valence-corrected chi connectivity index (χ2v) is 4.71. The zero-order chi connectivity index (χ0) is 10.6. The molecule has 3 nitrogen and oxygen atoms in total. The van der Waals surface area contributed by atoms with Crippen LogP contribution in [0.15, 0.2) is 15.9 Å². The van der Waals surface area contributed by atoms with Gasteiger partial charge in [0.1, 0.15) is 6.04 Å². The first-order chi connectivity index (χ1) is 6.63. The van der Waals surface area contributed by atoms with Crippen LogP contribution in [0.5, 0.6) is 0 Å². The molecular formula is C9H12BrNO2S. The number of hydrogen-bond donors (Lipinski definition) is 1. The summed E-state index contributed by atoms with van der Waals surface area (Å²) in [6.45, 7) is 2.15. The van der Waals surface area contributed by atoms with Crippen LogP contribution >= 0.6 is 27.3 Å². The summed E-state index contributed by atoms with van der Waals surface area (Å²) in [6.07, 6.45) is 0.537. The molecule has 78 valence electrons. The first-order valence-electron chi connectivity index (χ1n) is 4.28. The van der Waals surface area contributed by atoms with Crippen LogP contribution in [0.2, 0.25) is 0 Å². The predicted molar refractivity (Wildman–Crippen MR) is 60.3 cm³/mol.